The molecule has 0 spiro atoms. The highest BCUT2D eigenvalue weighted by Crippen LogP contribution is 2.25. The van der Waals surface area contributed by atoms with E-state index in [0.717, 1.165) is 17.7 Å². The molecule has 0 heterocycles. The van der Waals surface area contributed by atoms with Gasteiger partial charge in [0.25, 0.3) is 0 Å². The van der Waals surface area contributed by atoms with Crippen molar-refractivity contribution in [3.8, 4) is 5.75 Å². The maximum atomic E-state index is 12.3. The van der Waals surface area contributed by atoms with Gasteiger partial charge in [-0.15, -0.1) is 0 Å². The van der Waals surface area contributed by atoms with Gasteiger partial charge in [-0.1, -0.05) is 25.5 Å². The van der Waals surface area contributed by atoms with Crippen molar-refractivity contribution in [3.63, 3.8) is 0 Å². The number of urea groups is 1. The number of hydrogen-bond acceptors (Lipinski definition) is 3. The van der Waals surface area contributed by atoms with Gasteiger partial charge in [0.15, 0.2) is 6.10 Å². The van der Waals surface area contributed by atoms with Crippen LogP contribution in [0.25, 0.3) is 0 Å². The normalized spacial score (nSPS) is 12.6. The average Bonchev–Trinajstić information content (AvgIpc) is 2.48. The molecule has 0 aromatic heterocycles. The number of ether oxygens (including phenoxy) is 1. The molecular formula is C15H21F3N2O3. The van der Waals surface area contributed by atoms with E-state index in [4.69, 9.17) is 9.84 Å². The summed E-state index contributed by atoms with van der Waals surface area (Å²) in [5, 5.41) is 11.5. The monoisotopic (exact) mass is 334 g/mol. The van der Waals surface area contributed by atoms with Crippen LogP contribution in [0.5, 0.6) is 5.75 Å². The number of rotatable bonds is 7. The second kappa shape index (κ2) is 8.61. The lowest BCUT2D eigenvalue weighted by atomic mass is 10.3. The summed E-state index contributed by atoms with van der Waals surface area (Å²) in [5.74, 6) is 0.444. The molecule has 0 fully saturated rings. The summed E-state index contributed by atoms with van der Waals surface area (Å²) < 4.78 is 42.5. The summed E-state index contributed by atoms with van der Waals surface area (Å²) in [6.45, 7) is 1.64. The zero-order valence-corrected chi connectivity index (χ0v) is 13.1. The molecule has 0 aliphatic carbocycles. The van der Waals surface area contributed by atoms with Crippen LogP contribution in [0.2, 0.25) is 0 Å². The predicted molar refractivity (Wildman–Crippen MR) is 80.6 cm³/mol. The Morgan fingerprint density at radius 2 is 2.04 bits per heavy atom. The second-order valence-corrected chi connectivity index (χ2v) is 5.07. The molecule has 1 rings (SSSR count). The number of likely N-dealkylation sites (N-methyl/N-ethyl adjacent to an activating group) is 1. The van der Waals surface area contributed by atoms with Crippen LogP contribution in [-0.2, 0) is 0 Å². The van der Waals surface area contributed by atoms with Gasteiger partial charge >= 0.3 is 12.2 Å². The molecule has 2 N–H and O–H groups in total. The summed E-state index contributed by atoms with van der Waals surface area (Å²) in [6, 6.07) is 5.89. The van der Waals surface area contributed by atoms with E-state index in [0.29, 0.717) is 18.0 Å². The number of anilines is 1. The number of nitrogens with zero attached hydrogens (tertiary/aromatic N) is 1. The number of alkyl halides is 3. The fraction of sp³-hybridized carbons (Fsp3) is 0.533. The van der Waals surface area contributed by atoms with Gasteiger partial charge in [0.2, 0.25) is 0 Å². The first-order chi connectivity index (χ1) is 10.8. The number of halogens is 3. The smallest absolute Gasteiger partial charge is 0.416 e. The van der Waals surface area contributed by atoms with Gasteiger partial charge in [-0.3, -0.25) is 0 Å². The van der Waals surface area contributed by atoms with Crippen molar-refractivity contribution in [3.05, 3.63) is 24.3 Å². The molecule has 130 valence electrons. The van der Waals surface area contributed by atoms with Crippen molar-refractivity contribution in [1.29, 1.82) is 0 Å². The number of aliphatic hydroxyl groups is 1. The van der Waals surface area contributed by atoms with Gasteiger partial charge in [-0.05, 0) is 18.6 Å². The minimum absolute atomic E-state index is 0.363. The number of carbonyl (C=O) groups excluding carboxylic acids is 1. The van der Waals surface area contributed by atoms with Gasteiger partial charge < -0.3 is 20.1 Å². The van der Waals surface area contributed by atoms with E-state index in [9.17, 15) is 18.0 Å². The number of amides is 2. The van der Waals surface area contributed by atoms with Gasteiger partial charge in [0.05, 0.1) is 18.8 Å². The maximum Gasteiger partial charge on any atom is 0.416 e. The molecule has 1 aromatic carbocycles. The highest BCUT2D eigenvalue weighted by atomic mass is 19.4. The highest BCUT2D eigenvalue weighted by molar-refractivity contribution is 5.90. The lowest BCUT2D eigenvalue weighted by Crippen LogP contribution is -2.43. The second-order valence-electron chi connectivity index (χ2n) is 5.07. The Morgan fingerprint density at radius 3 is 2.65 bits per heavy atom. The van der Waals surface area contributed by atoms with Gasteiger partial charge in [-0.2, -0.15) is 13.2 Å². The Hall–Kier alpha value is -1.96. The molecule has 0 aliphatic rings. The lowest BCUT2D eigenvalue weighted by Gasteiger charge is -2.23. The Balaban J connectivity index is 2.66. The summed E-state index contributed by atoms with van der Waals surface area (Å²) in [6.07, 6.45) is -5.56. The molecule has 5 nitrogen and oxygen atoms in total. The van der Waals surface area contributed by atoms with Crippen molar-refractivity contribution in [2.45, 2.75) is 32.0 Å². The van der Waals surface area contributed by atoms with Crippen LogP contribution >= 0.6 is 0 Å². The summed E-state index contributed by atoms with van der Waals surface area (Å²) >= 11 is 0. The first-order valence-electron chi connectivity index (χ1n) is 7.24. The number of benzene rings is 1. The zero-order chi connectivity index (χ0) is 17.5. The van der Waals surface area contributed by atoms with Crippen molar-refractivity contribution in [2.75, 3.05) is 25.5 Å². The van der Waals surface area contributed by atoms with Crippen molar-refractivity contribution in [2.24, 2.45) is 0 Å². The fourth-order valence-corrected chi connectivity index (χ4v) is 1.68. The highest BCUT2D eigenvalue weighted by Gasteiger charge is 2.39. The molecule has 0 radical (unpaired) electrons. The van der Waals surface area contributed by atoms with E-state index in [1.165, 1.54) is 7.05 Å². The average molecular weight is 334 g/mol. The van der Waals surface area contributed by atoms with Crippen LogP contribution < -0.4 is 10.1 Å². The molecular weight excluding hydrogens is 313 g/mol. The Bertz CT molecular complexity index is 509. The zero-order valence-electron chi connectivity index (χ0n) is 13.1. The molecule has 23 heavy (non-hydrogen) atoms. The van der Waals surface area contributed by atoms with Gasteiger partial charge in [0, 0.05) is 7.05 Å². The predicted octanol–water partition coefficient (Wildman–Crippen LogP) is 3.25. The van der Waals surface area contributed by atoms with E-state index in [1.54, 1.807) is 24.3 Å². The van der Waals surface area contributed by atoms with Crippen molar-refractivity contribution >= 4 is 11.7 Å². The quantitative estimate of drug-likeness (QED) is 0.753. The first kappa shape index (κ1) is 19.1. The maximum absolute atomic E-state index is 12.3. The third-order valence-electron chi connectivity index (χ3n) is 3.06. The molecule has 1 unspecified atom stereocenters. The third kappa shape index (κ3) is 6.35. The van der Waals surface area contributed by atoms with E-state index >= 15 is 0 Å². The topological polar surface area (TPSA) is 61.8 Å². The Labute approximate surface area is 133 Å². The van der Waals surface area contributed by atoms with E-state index in [1.807, 2.05) is 6.92 Å². The molecule has 0 saturated heterocycles. The molecule has 0 saturated carbocycles. The number of hydrogen-bond donors (Lipinski definition) is 2. The summed E-state index contributed by atoms with van der Waals surface area (Å²) in [4.78, 5) is 12.7. The molecule has 8 heteroatoms. The van der Waals surface area contributed by atoms with Gasteiger partial charge in [-0.25, -0.2) is 4.79 Å². The molecule has 1 aromatic rings. The van der Waals surface area contributed by atoms with E-state index < -0.39 is 24.9 Å². The first-order valence-corrected chi connectivity index (χ1v) is 7.24. The number of unbranched alkanes of at least 4 members (excludes halogenated alkanes) is 1. The lowest BCUT2D eigenvalue weighted by molar-refractivity contribution is -0.205. The number of aliphatic hydroxyl groups excluding tert-OH is 1. The molecule has 1 atom stereocenters. The Morgan fingerprint density at radius 1 is 1.39 bits per heavy atom. The van der Waals surface area contributed by atoms with Crippen LogP contribution in [0.4, 0.5) is 23.7 Å². The third-order valence-corrected chi connectivity index (χ3v) is 3.06. The van der Waals surface area contributed by atoms with Crippen LogP contribution in [0.3, 0.4) is 0 Å². The molecule has 0 bridgehead atoms. The van der Waals surface area contributed by atoms with E-state index in [2.05, 4.69) is 5.32 Å². The molecule has 0 aliphatic heterocycles. The standard InChI is InChI=1S/C15H21F3N2O3/c1-3-4-9-23-12-8-6-5-7-11(12)19-14(22)20(2)10-13(21)15(16,17)18/h5-8,13,21H,3-4,9-10H2,1-2H3,(H,19,22). The summed E-state index contributed by atoms with van der Waals surface area (Å²) in [7, 11) is 1.17. The van der Waals surface area contributed by atoms with Crippen LogP contribution in [0.1, 0.15) is 19.8 Å². The van der Waals surface area contributed by atoms with E-state index in [-0.39, 0.29) is 0 Å². The Kier molecular flexibility index (Phi) is 7.15. The molecule has 2 amide bonds. The number of nitrogens with one attached hydrogen (secondary N) is 1. The van der Waals surface area contributed by atoms with Crippen molar-refractivity contribution < 1.29 is 27.8 Å². The van der Waals surface area contributed by atoms with Crippen LogP contribution in [-0.4, -0.2) is 48.5 Å². The number of carbonyl (C=O) groups is 1. The minimum Gasteiger partial charge on any atom is -0.491 e. The fourth-order valence-electron chi connectivity index (χ4n) is 1.68. The van der Waals surface area contributed by atoms with Crippen molar-refractivity contribution in [1.82, 2.24) is 4.90 Å². The largest absolute Gasteiger partial charge is 0.491 e. The van der Waals surface area contributed by atoms with Crippen LogP contribution in [0.15, 0.2) is 24.3 Å². The van der Waals surface area contributed by atoms with Crippen LogP contribution in [0, 0.1) is 0 Å². The number of para-hydroxylation sites is 2. The SMILES string of the molecule is CCCCOc1ccccc1NC(=O)N(C)CC(O)C(F)(F)F. The minimum atomic E-state index is -4.77. The summed E-state index contributed by atoms with van der Waals surface area (Å²) in [5.41, 5.74) is 0.363. The van der Waals surface area contributed by atoms with Gasteiger partial charge in [0.1, 0.15) is 5.75 Å².